The minimum atomic E-state index is -0.0862. The molecule has 0 aromatic rings. The summed E-state index contributed by atoms with van der Waals surface area (Å²) in [7, 11) is 0. The Hall–Kier alpha value is -1.26. The predicted molar refractivity (Wildman–Crippen MR) is 62.1 cm³/mol. The van der Waals surface area contributed by atoms with Crippen molar-refractivity contribution in [2.45, 2.75) is 26.7 Å². The number of hydrogen-bond acceptors (Lipinski definition) is 2. The van der Waals surface area contributed by atoms with E-state index >= 15 is 0 Å². The third kappa shape index (κ3) is 3.40. The van der Waals surface area contributed by atoms with Gasteiger partial charge in [-0.3, -0.25) is 4.79 Å². The van der Waals surface area contributed by atoms with Crippen molar-refractivity contribution < 1.29 is 9.59 Å². The molecule has 5 heteroatoms. The summed E-state index contributed by atoms with van der Waals surface area (Å²) in [5.41, 5.74) is 0. The molecule has 0 aromatic heterocycles. The Morgan fingerprint density at radius 2 is 1.88 bits per heavy atom. The van der Waals surface area contributed by atoms with E-state index in [0.717, 1.165) is 25.9 Å². The monoisotopic (exact) mass is 227 g/mol. The average Bonchev–Trinajstić information content (AvgIpc) is 2.78. The maximum atomic E-state index is 12.0. The first kappa shape index (κ1) is 12.8. The molecule has 0 radical (unpaired) electrons. The Balaban J connectivity index is 2.45. The smallest absolute Gasteiger partial charge is 0.320 e. The SMILES string of the molecule is CCNC(=O)CN(CC)C(=O)N1CCCC1. The Labute approximate surface area is 96.8 Å². The maximum Gasteiger partial charge on any atom is 0.320 e. The summed E-state index contributed by atoms with van der Waals surface area (Å²) in [4.78, 5) is 26.8. The van der Waals surface area contributed by atoms with Gasteiger partial charge in [0.2, 0.25) is 5.91 Å². The number of likely N-dealkylation sites (N-methyl/N-ethyl adjacent to an activating group) is 2. The molecule has 5 nitrogen and oxygen atoms in total. The van der Waals surface area contributed by atoms with E-state index in [4.69, 9.17) is 0 Å². The van der Waals surface area contributed by atoms with Crippen molar-refractivity contribution >= 4 is 11.9 Å². The van der Waals surface area contributed by atoms with Crippen LogP contribution in [0.4, 0.5) is 4.79 Å². The Morgan fingerprint density at radius 1 is 1.25 bits per heavy atom. The van der Waals surface area contributed by atoms with Crippen LogP contribution < -0.4 is 5.32 Å². The number of carbonyl (C=O) groups is 2. The fraction of sp³-hybridized carbons (Fsp3) is 0.818. The number of likely N-dealkylation sites (tertiary alicyclic amines) is 1. The van der Waals surface area contributed by atoms with Crippen molar-refractivity contribution in [3.63, 3.8) is 0 Å². The largest absolute Gasteiger partial charge is 0.355 e. The third-order valence-electron chi connectivity index (χ3n) is 2.74. The molecule has 0 bridgehead atoms. The van der Waals surface area contributed by atoms with E-state index in [1.54, 1.807) is 4.90 Å². The van der Waals surface area contributed by atoms with Gasteiger partial charge >= 0.3 is 6.03 Å². The molecule has 0 saturated carbocycles. The van der Waals surface area contributed by atoms with Crippen molar-refractivity contribution in [1.82, 2.24) is 15.1 Å². The molecule has 0 unspecified atom stereocenters. The van der Waals surface area contributed by atoms with E-state index in [1.807, 2.05) is 18.7 Å². The van der Waals surface area contributed by atoms with Crippen LogP contribution in [0.1, 0.15) is 26.7 Å². The molecular weight excluding hydrogens is 206 g/mol. The summed E-state index contributed by atoms with van der Waals surface area (Å²) in [6.45, 7) is 6.76. The highest BCUT2D eigenvalue weighted by atomic mass is 16.2. The van der Waals surface area contributed by atoms with Crippen LogP contribution in [0.15, 0.2) is 0 Å². The highest BCUT2D eigenvalue weighted by Gasteiger charge is 2.23. The van der Waals surface area contributed by atoms with Gasteiger partial charge in [-0.25, -0.2) is 4.79 Å². The van der Waals surface area contributed by atoms with Gasteiger partial charge in [0.05, 0.1) is 0 Å². The predicted octanol–water partition coefficient (Wildman–Crippen LogP) is 0.660. The number of rotatable bonds is 4. The van der Waals surface area contributed by atoms with E-state index in [1.165, 1.54) is 0 Å². The molecule has 92 valence electrons. The van der Waals surface area contributed by atoms with Gasteiger partial charge in [-0.2, -0.15) is 0 Å². The summed E-state index contributed by atoms with van der Waals surface area (Å²) >= 11 is 0. The molecule has 0 atom stereocenters. The highest BCUT2D eigenvalue weighted by molar-refractivity contribution is 5.84. The highest BCUT2D eigenvalue weighted by Crippen LogP contribution is 2.10. The van der Waals surface area contributed by atoms with Crippen LogP contribution in [-0.2, 0) is 4.79 Å². The van der Waals surface area contributed by atoms with Crippen LogP contribution in [-0.4, -0.2) is 54.5 Å². The number of urea groups is 1. The van der Waals surface area contributed by atoms with Crippen molar-refractivity contribution in [2.75, 3.05) is 32.7 Å². The van der Waals surface area contributed by atoms with E-state index in [-0.39, 0.29) is 18.5 Å². The van der Waals surface area contributed by atoms with Gasteiger partial charge in [-0.1, -0.05) is 0 Å². The van der Waals surface area contributed by atoms with Crippen LogP contribution in [0.25, 0.3) is 0 Å². The van der Waals surface area contributed by atoms with Gasteiger partial charge in [0.15, 0.2) is 0 Å². The summed E-state index contributed by atoms with van der Waals surface area (Å²) in [5, 5.41) is 2.70. The summed E-state index contributed by atoms with van der Waals surface area (Å²) in [5.74, 6) is -0.0862. The Morgan fingerprint density at radius 3 is 2.38 bits per heavy atom. The molecule has 0 aromatic carbocycles. The quantitative estimate of drug-likeness (QED) is 0.767. The number of nitrogens with one attached hydrogen (secondary N) is 1. The molecule has 1 rings (SSSR count). The summed E-state index contributed by atoms with van der Waals surface area (Å²) < 4.78 is 0. The minimum Gasteiger partial charge on any atom is -0.355 e. The molecule has 1 fully saturated rings. The van der Waals surface area contributed by atoms with E-state index in [0.29, 0.717) is 13.1 Å². The van der Waals surface area contributed by atoms with E-state index in [2.05, 4.69) is 5.32 Å². The normalized spacial score (nSPS) is 15.0. The Bertz CT molecular complexity index is 250. The molecule has 0 spiro atoms. The molecule has 0 aliphatic carbocycles. The van der Waals surface area contributed by atoms with Crippen molar-refractivity contribution in [1.29, 1.82) is 0 Å². The van der Waals surface area contributed by atoms with Crippen molar-refractivity contribution in [3.8, 4) is 0 Å². The van der Waals surface area contributed by atoms with Crippen molar-refractivity contribution in [2.24, 2.45) is 0 Å². The molecule has 1 saturated heterocycles. The average molecular weight is 227 g/mol. The lowest BCUT2D eigenvalue weighted by molar-refractivity contribution is -0.121. The molecule has 1 aliphatic heterocycles. The van der Waals surface area contributed by atoms with Gasteiger partial charge < -0.3 is 15.1 Å². The van der Waals surface area contributed by atoms with Gasteiger partial charge in [-0.05, 0) is 26.7 Å². The topological polar surface area (TPSA) is 52.7 Å². The molecule has 1 heterocycles. The molecule has 3 amide bonds. The zero-order valence-electron chi connectivity index (χ0n) is 10.2. The van der Waals surface area contributed by atoms with Gasteiger partial charge in [0.1, 0.15) is 6.54 Å². The zero-order chi connectivity index (χ0) is 12.0. The number of hydrogen-bond donors (Lipinski definition) is 1. The van der Waals surface area contributed by atoms with Crippen LogP contribution in [0.3, 0.4) is 0 Å². The molecule has 16 heavy (non-hydrogen) atoms. The second-order valence-electron chi connectivity index (χ2n) is 3.94. The second kappa shape index (κ2) is 6.35. The summed E-state index contributed by atoms with van der Waals surface area (Å²) in [6.07, 6.45) is 2.15. The summed E-state index contributed by atoms with van der Waals surface area (Å²) in [6, 6.07) is -0.00810. The lowest BCUT2D eigenvalue weighted by Gasteiger charge is -2.26. The number of nitrogens with zero attached hydrogens (tertiary/aromatic N) is 2. The first-order chi connectivity index (χ1) is 7.69. The van der Waals surface area contributed by atoms with Gasteiger partial charge in [0, 0.05) is 26.2 Å². The standard InChI is InChI=1S/C11H21N3O2/c1-3-12-10(15)9-13(4-2)11(16)14-7-5-6-8-14/h3-9H2,1-2H3,(H,12,15). The third-order valence-corrected chi connectivity index (χ3v) is 2.74. The fourth-order valence-corrected chi connectivity index (χ4v) is 1.85. The second-order valence-corrected chi connectivity index (χ2v) is 3.94. The van der Waals surface area contributed by atoms with Crippen LogP contribution in [0, 0.1) is 0 Å². The first-order valence-corrected chi connectivity index (χ1v) is 5.99. The van der Waals surface area contributed by atoms with Crippen LogP contribution >= 0.6 is 0 Å². The molecule has 1 aliphatic rings. The van der Waals surface area contributed by atoms with Crippen LogP contribution in [0.2, 0.25) is 0 Å². The van der Waals surface area contributed by atoms with Crippen LogP contribution in [0.5, 0.6) is 0 Å². The zero-order valence-corrected chi connectivity index (χ0v) is 10.2. The Kier molecular flexibility index (Phi) is 5.08. The van der Waals surface area contributed by atoms with Gasteiger partial charge in [0.25, 0.3) is 0 Å². The first-order valence-electron chi connectivity index (χ1n) is 5.99. The molecular formula is C11H21N3O2. The van der Waals surface area contributed by atoms with Gasteiger partial charge in [-0.15, -0.1) is 0 Å². The fourth-order valence-electron chi connectivity index (χ4n) is 1.85. The van der Waals surface area contributed by atoms with E-state index in [9.17, 15) is 9.59 Å². The van der Waals surface area contributed by atoms with E-state index < -0.39 is 0 Å². The lowest BCUT2D eigenvalue weighted by Crippen LogP contribution is -2.46. The maximum absolute atomic E-state index is 12.0. The minimum absolute atomic E-state index is 0.00810. The van der Waals surface area contributed by atoms with Crippen molar-refractivity contribution in [3.05, 3.63) is 0 Å². The number of carbonyl (C=O) groups excluding carboxylic acids is 2. The molecule has 1 N–H and O–H groups in total. The lowest BCUT2D eigenvalue weighted by atomic mass is 10.4. The number of amides is 3.